The second kappa shape index (κ2) is 8.92. The molecule has 0 saturated heterocycles. The highest BCUT2D eigenvalue weighted by Crippen LogP contribution is 2.23. The number of likely N-dealkylation sites (N-methyl/N-ethyl adjacent to an activating group) is 2. The third-order valence-corrected chi connectivity index (χ3v) is 4.30. The van der Waals surface area contributed by atoms with Gasteiger partial charge in [0.15, 0.2) is 0 Å². The van der Waals surface area contributed by atoms with Gasteiger partial charge in [-0.15, -0.1) is 0 Å². The molecule has 2 rings (SSSR count). The van der Waals surface area contributed by atoms with Gasteiger partial charge in [-0.3, -0.25) is 9.69 Å². The lowest BCUT2D eigenvalue weighted by Crippen LogP contribution is -2.38. The molecule has 1 amide bonds. The van der Waals surface area contributed by atoms with E-state index in [1.54, 1.807) is 24.1 Å². The van der Waals surface area contributed by atoms with Crippen LogP contribution >= 0.6 is 0 Å². The zero-order valence-corrected chi connectivity index (χ0v) is 16.2. The van der Waals surface area contributed by atoms with Crippen LogP contribution in [0.5, 0.6) is 0 Å². The number of rotatable bonds is 7. The lowest BCUT2D eigenvalue weighted by molar-refractivity contribution is -0.135. The van der Waals surface area contributed by atoms with E-state index >= 15 is 0 Å². The summed E-state index contributed by atoms with van der Waals surface area (Å²) in [6.45, 7) is 1.34. The molecule has 0 radical (unpaired) electrons. The van der Waals surface area contributed by atoms with Crippen LogP contribution in [0.1, 0.15) is 22.7 Å². The zero-order valence-electron chi connectivity index (χ0n) is 16.2. The summed E-state index contributed by atoms with van der Waals surface area (Å²) in [4.78, 5) is 18.7. The van der Waals surface area contributed by atoms with Crippen LogP contribution in [-0.4, -0.2) is 55.8 Å². The standard InChI is InChI=1S/C21H28FN3O/c1-23(2)14-17-9-6-7-10-18(17)15-25(5)21(26)20(24(3)4)16-11-8-12-19(22)13-16/h6-13,20H,14-15H2,1-5H3/t20-/m0/s1. The van der Waals surface area contributed by atoms with E-state index in [0.29, 0.717) is 12.1 Å². The van der Waals surface area contributed by atoms with Crippen molar-refractivity contribution in [3.8, 4) is 0 Å². The molecule has 4 nitrogen and oxygen atoms in total. The van der Waals surface area contributed by atoms with Crippen LogP contribution in [-0.2, 0) is 17.9 Å². The third kappa shape index (κ3) is 5.13. The maximum absolute atomic E-state index is 13.6. The molecule has 0 spiro atoms. The first-order chi connectivity index (χ1) is 12.3. The maximum atomic E-state index is 13.6. The van der Waals surface area contributed by atoms with Crippen molar-refractivity contribution in [1.29, 1.82) is 0 Å². The summed E-state index contributed by atoms with van der Waals surface area (Å²) < 4.78 is 13.6. The topological polar surface area (TPSA) is 26.8 Å². The Morgan fingerprint density at radius 1 is 0.923 bits per heavy atom. The number of hydrogen-bond donors (Lipinski definition) is 0. The largest absolute Gasteiger partial charge is 0.340 e. The summed E-state index contributed by atoms with van der Waals surface area (Å²) in [5.74, 6) is -0.388. The van der Waals surface area contributed by atoms with Gasteiger partial charge in [-0.05, 0) is 57.0 Å². The van der Waals surface area contributed by atoms with E-state index in [0.717, 1.165) is 12.1 Å². The van der Waals surface area contributed by atoms with Crippen LogP contribution in [0.3, 0.4) is 0 Å². The molecule has 0 N–H and O–H groups in total. The Hall–Kier alpha value is -2.24. The maximum Gasteiger partial charge on any atom is 0.244 e. The Bertz CT molecular complexity index is 746. The van der Waals surface area contributed by atoms with Gasteiger partial charge in [-0.2, -0.15) is 0 Å². The summed E-state index contributed by atoms with van der Waals surface area (Å²) >= 11 is 0. The molecule has 0 aliphatic rings. The summed E-state index contributed by atoms with van der Waals surface area (Å²) in [6.07, 6.45) is 0. The fourth-order valence-electron chi connectivity index (χ4n) is 3.09. The first kappa shape index (κ1) is 20.1. The quantitative estimate of drug-likeness (QED) is 0.762. The van der Waals surface area contributed by atoms with Gasteiger partial charge < -0.3 is 9.80 Å². The van der Waals surface area contributed by atoms with E-state index in [-0.39, 0.29) is 11.7 Å². The molecule has 0 fully saturated rings. The molecule has 1 atom stereocenters. The van der Waals surface area contributed by atoms with Crippen molar-refractivity contribution in [1.82, 2.24) is 14.7 Å². The Morgan fingerprint density at radius 3 is 2.08 bits per heavy atom. The Morgan fingerprint density at radius 2 is 1.54 bits per heavy atom. The lowest BCUT2D eigenvalue weighted by atomic mass is 10.0. The van der Waals surface area contributed by atoms with E-state index in [1.807, 2.05) is 45.2 Å². The first-order valence-corrected chi connectivity index (χ1v) is 8.68. The highest BCUT2D eigenvalue weighted by molar-refractivity contribution is 5.83. The molecule has 26 heavy (non-hydrogen) atoms. The van der Waals surface area contributed by atoms with Gasteiger partial charge in [0.05, 0.1) is 0 Å². The second-order valence-corrected chi connectivity index (χ2v) is 7.12. The number of carbonyl (C=O) groups is 1. The lowest BCUT2D eigenvalue weighted by Gasteiger charge is -2.29. The Balaban J connectivity index is 2.22. The van der Waals surface area contributed by atoms with Gasteiger partial charge in [-0.25, -0.2) is 4.39 Å². The van der Waals surface area contributed by atoms with Gasteiger partial charge in [0.2, 0.25) is 5.91 Å². The van der Waals surface area contributed by atoms with Crippen LogP contribution in [0.2, 0.25) is 0 Å². The van der Waals surface area contributed by atoms with Crippen LogP contribution in [0.15, 0.2) is 48.5 Å². The Kier molecular flexibility index (Phi) is 6.89. The number of amides is 1. The molecular weight excluding hydrogens is 329 g/mol. The molecule has 140 valence electrons. The SMILES string of the molecule is CN(C)Cc1ccccc1CN(C)C(=O)[C@H](c1cccc(F)c1)N(C)C. The van der Waals surface area contributed by atoms with Crippen molar-refractivity contribution in [3.63, 3.8) is 0 Å². The summed E-state index contributed by atoms with van der Waals surface area (Å²) in [7, 11) is 9.52. The van der Waals surface area contributed by atoms with Gasteiger partial charge in [0.25, 0.3) is 0 Å². The molecule has 2 aromatic rings. The normalized spacial score (nSPS) is 12.5. The van der Waals surface area contributed by atoms with Crippen molar-refractivity contribution in [3.05, 3.63) is 71.0 Å². The third-order valence-electron chi connectivity index (χ3n) is 4.30. The van der Waals surface area contributed by atoms with Crippen molar-refractivity contribution < 1.29 is 9.18 Å². The Labute approximate surface area is 155 Å². The number of halogens is 1. The monoisotopic (exact) mass is 357 g/mol. The van der Waals surface area contributed by atoms with E-state index in [9.17, 15) is 9.18 Å². The average Bonchev–Trinajstić information content (AvgIpc) is 2.56. The van der Waals surface area contributed by atoms with Gasteiger partial charge in [-0.1, -0.05) is 36.4 Å². The van der Waals surface area contributed by atoms with E-state index in [2.05, 4.69) is 17.0 Å². The molecule has 2 aromatic carbocycles. The van der Waals surface area contributed by atoms with Crippen LogP contribution in [0.4, 0.5) is 4.39 Å². The molecule has 5 heteroatoms. The molecular formula is C21H28FN3O. The molecule has 0 heterocycles. The van der Waals surface area contributed by atoms with Gasteiger partial charge >= 0.3 is 0 Å². The molecule has 0 saturated carbocycles. The summed E-state index contributed by atoms with van der Waals surface area (Å²) in [5.41, 5.74) is 2.98. The van der Waals surface area contributed by atoms with Crippen LogP contribution in [0.25, 0.3) is 0 Å². The second-order valence-electron chi connectivity index (χ2n) is 7.12. The molecule has 0 aliphatic carbocycles. The van der Waals surface area contributed by atoms with Crippen LogP contribution in [0, 0.1) is 5.82 Å². The number of benzene rings is 2. The number of hydrogen-bond acceptors (Lipinski definition) is 3. The van der Waals surface area contributed by atoms with Crippen molar-refractivity contribution in [2.45, 2.75) is 19.1 Å². The van der Waals surface area contributed by atoms with Crippen molar-refractivity contribution >= 4 is 5.91 Å². The minimum Gasteiger partial charge on any atom is -0.340 e. The molecule has 0 unspecified atom stereocenters. The molecule has 0 aliphatic heterocycles. The zero-order chi connectivity index (χ0) is 19.3. The highest BCUT2D eigenvalue weighted by atomic mass is 19.1. The highest BCUT2D eigenvalue weighted by Gasteiger charge is 2.26. The summed E-state index contributed by atoms with van der Waals surface area (Å²) in [5, 5.41) is 0. The summed E-state index contributed by atoms with van der Waals surface area (Å²) in [6, 6.07) is 13.9. The smallest absolute Gasteiger partial charge is 0.244 e. The minimum absolute atomic E-state index is 0.0553. The molecule has 0 aromatic heterocycles. The van der Waals surface area contributed by atoms with E-state index in [1.165, 1.54) is 17.7 Å². The predicted octanol–water partition coefficient (Wildman–Crippen LogP) is 3.15. The van der Waals surface area contributed by atoms with Crippen molar-refractivity contribution in [2.24, 2.45) is 0 Å². The first-order valence-electron chi connectivity index (χ1n) is 8.68. The van der Waals surface area contributed by atoms with Crippen LogP contribution < -0.4 is 0 Å². The van der Waals surface area contributed by atoms with Crippen molar-refractivity contribution in [2.75, 3.05) is 35.2 Å². The fraction of sp³-hybridized carbons (Fsp3) is 0.381. The minimum atomic E-state index is -0.517. The van der Waals surface area contributed by atoms with E-state index in [4.69, 9.17) is 0 Å². The molecule has 0 bridgehead atoms. The van der Waals surface area contributed by atoms with E-state index < -0.39 is 6.04 Å². The average molecular weight is 357 g/mol. The number of nitrogens with zero attached hydrogens (tertiary/aromatic N) is 3. The fourth-order valence-corrected chi connectivity index (χ4v) is 3.09. The predicted molar refractivity (Wildman–Crippen MR) is 103 cm³/mol. The number of carbonyl (C=O) groups excluding carboxylic acids is 1. The van der Waals surface area contributed by atoms with Gasteiger partial charge in [0.1, 0.15) is 11.9 Å². The van der Waals surface area contributed by atoms with Gasteiger partial charge in [0, 0.05) is 20.1 Å².